The van der Waals surface area contributed by atoms with Gasteiger partial charge >= 0.3 is 0 Å². The van der Waals surface area contributed by atoms with Gasteiger partial charge in [-0.3, -0.25) is 0 Å². The van der Waals surface area contributed by atoms with Crippen LogP contribution in [-0.4, -0.2) is 9.38 Å². The zero-order valence-electron chi connectivity index (χ0n) is 8.83. The number of rotatable bonds is 1. The van der Waals surface area contributed by atoms with Crippen molar-refractivity contribution in [2.45, 2.75) is 19.8 Å². The topological polar surface area (TPSA) is 21.2 Å². The molecular weight excluding hydrogens is 233 g/mol. The first-order chi connectivity index (χ1) is 7.00. The van der Waals surface area contributed by atoms with Crippen LogP contribution in [0.15, 0.2) is 12.4 Å². The first-order valence-corrected chi connectivity index (χ1v) is 5.49. The maximum Gasteiger partial charge on any atom is 0.264 e. The first-order valence-electron chi connectivity index (χ1n) is 4.73. The molecule has 0 saturated carbocycles. The Balaban J connectivity index is 2.86. The Bertz CT molecular complexity index is 517. The van der Waals surface area contributed by atoms with E-state index in [2.05, 4.69) is 18.8 Å². The van der Waals surface area contributed by atoms with Crippen molar-refractivity contribution in [2.24, 2.45) is 7.05 Å². The maximum atomic E-state index is 6.02. The quantitative estimate of drug-likeness (QED) is 0.707. The van der Waals surface area contributed by atoms with E-state index in [1.807, 2.05) is 22.2 Å². The van der Waals surface area contributed by atoms with E-state index in [1.54, 1.807) is 6.20 Å². The molecule has 2 aromatic rings. The Morgan fingerprint density at radius 2 is 2.07 bits per heavy atom. The second-order valence-corrected chi connectivity index (χ2v) is 4.61. The Morgan fingerprint density at radius 3 is 2.67 bits per heavy atom. The minimum Gasteiger partial charge on any atom is -0.236 e. The lowest BCUT2D eigenvalue weighted by Crippen LogP contribution is -2.31. The van der Waals surface area contributed by atoms with E-state index in [-0.39, 0.29) is 0 Å². The van der Waals surface area contributed by atoms with Gasteiger partial charge in [-0.1, -0.05) is 37.0 Å². The summed E-state index contributed by atoms with van der Waals surface area (Å²) in [7, 11) is 1.99. The smallest absolute Gasteiger partial charge is 0.236 e. The van der Waals surface area contributed by atoms with E-state index in [1.165, 1.54) is 0 Å². The minimum atomic E-state index is 0.395. The third-order valence-electron chi connectivity index (χ3n) is 2.35. The van der Waals surface area contributed by atoms with E-state index >= 15 is 0 Å². The summed E-state index contributed by atoms with van der Waals surface area (Å²) in [5, 5.41) is 0.843. The number of halogens is 2. The van der Waals surface area contributed by atoms with Gasteiger partial charge in [-0.2, -0.15) is 4.40 Å². The highest BCUT2D eigenvalue weighted by Crippen LogP contribution is 2.21. The number of aromatic nitrogens is 3. The summed E-state index contributed by atoms with van der Waals surface area (Å²) >= 11 is 11.9. The van der Waals surface area contributed by atoms with Gasteiger partial charge in [0, 0.05) is 0 Å². The molecule has 2 aromatic heterocycles. The monoisotopic (exact) mass is 244 g/mol. The summed E-state index contributed by atoms with van der Waals surface area (Å²) in [5.41, 5.74) is 0.882. The summed E-state index contributed by atoms with van der Waals surface area (Å²) in [4.78, 5) is 4.01. The molecule has 80 valence electrons. The van der Waals surface area contributed by atoms with Crippen molar-refractivity contribution in [1.29, 1.82) is 0 Å². The van der Waals surface area contributed by atoms with Gasteiger partial charge in [-0.15, -0.1) is 0 Å². The average molecular weight is 245 g/mol. The SMILES string of the molecule is CC(C)c1n2cc(Cl)nc(Cl)c2c[n+]1C. The number of nitrogens with zero attached hydrogens (tertiary/aromatic N) is 3. The highest BCUT2D eigenvalue weighted by atomic mass is 35.5. The Hall–Kier alpha value is -0.800. The molecule has 0 aromatic carbocycles. The van der Waals surface area contributed by atoms with Crippen LogP contribution < -0.4 is 4.57 Å². The summed E-state index contributed by atoms with van der Waals surface area (Å²) in [6.45, 7) is 4.26. The third-order valence-corrected chi connectivity index (χ3v) is 2.81. The van der Waals surface area contributed by atoms with Crippen molar-refractivity contribution in [1.82, 2.24) is 9.38 Å². The number of aryl methyl sites for hydroxylation is 1. The predicted octanol–water partition coefficient (Wildman–Crippen LogP) is 2.59. The predicted molar refractivity (Wildman–Crippen MR) is 60.5 cm³/mol. The van der Waals surface area contributed by atoms with Gasteiger partial charge < -0.3 is 0 Å². The van der Waals surface area contributed by atoms with Crippen LogP contribution in [0.1, 0.15) is 25.6 Å². The molecule has 0 atom stereocenters. The third kappa shape index (κ3) is 1.70. The molecular formula is C10H12Cl2N3+. The van der Waals surface area contributed by atoms with Gasteiger partial charge in [-0.05, 0) is 0 Å². The van der Waals surface area contributed by atoms with E-state index in [9.17, 15) is 0 Å². The molecule has 2 rings (SSSR count). The lowest BCUT2D eigenvalue weighted by Gasteiger charge is -2.00. The maximum absolute atomic E-state index is 6.02. The molecule has 0 bridgehead atoms. The molecule has 0 aliphatic heterocycles. The van der Waals surface area contributed by atoms with Crippen LogP contribution in [0.5, 0.6) is 0 Å². The zero-order chi connectivity index (χ0) is 11.2. The van der Waals surface area contributed by atoms with Gasteiger partial charge in [0.25, 0.3) is 5.82 Å². The van der Waals surface area contributed by atoms with Crippen LogP contribution in [0, 0.1) is 0 Å². The first kappa shape index (κ1) is 10.7. The molecule has 0 saturated heterocycles. The minimum absolute atomic E-state index is 0.395. The fourth-order valence-corrected chi connectivity index (χ4v) is 2.32. The lowest BCUT2D eigenvalue weighted by atomic mass is 10.2. The zero-order valence-corrected chi connectivity index (χ0v) is 10.3. The Labute approximate surface area is 98.3 Å². The van der Waals surface area contributed by atoms with Crippen molar-refractivity contribution < 1.29 is 4.57 Å². The van der Waals surface area contributed by atoms with Gasteiger partial charge in [0.05, 0.1) is 13.0 Å². The molecule has 0 fully saturated rings. The van der Waals surface area contributed by atoms with Crippen molar-refractivity contribution >= 4 is 28.7 Å². The molecule has 0 spiro atoms. The molecule has 5 heteroatoms. The van der Waals surface area contributed by atoms with E-state index in [0.717, 1.165) is 11.3 Å². The molecule has 0 aliphatic rings. The van der Waals surface area contributed by atoms with Crippen molar-refractivity contribution in [3.05, 3.63) is 28.5 Å². The molecule has 0 aliphatic carbocycles. The molecule has 0 radical (unpaired) electrons. The van der Waals surface area contributed by atoms with Gasteiger partial charge in [0.2, 0.25) is 5.52 Å². The fourth-order valence-electron chi connectivity index (χ4n) is 1.87. The summed E-state index contributed by atoms with van der Waals surface area (Å²) in [5.74, 6) is 1.54. The Morgan fingerprint density at radius 1 is 1.40 bits per heavy atom. The van der Waals surface area contributed by atoms with E-state index in [0.29, 0.717) is 16.2 Å². The van der Waals surface area contributed by atoms with E-state index in [4.69, 9.17) is 23.2 Å². The van der Waals surface area contributed by atoms with Crippen molar-refractivity contribution in [3.63, 3.8) is 0 Å². The average Bonchev–Trinajstić information content (AvgIpc) is 2.41. The van der Waals surface area contributed by atoms with Gasteiger partial charge in [0.15, 0.2) is 10.3 Å². The van der Waals surface area contributed by atoms with Gasteiger partial charge in [0.1, 0.15) is 12.4 Å². The van der Waals surface area contributed by atoms with Crippen LogP contribution in [-0.2, 0) is 7.05 Å². The molecule has 0 N–H and O–H groups in total. The standard InChI is InChI=1S/C10H12Cl2N3/c1-6(2)10-14(3)4-7-9(12)13-8(11)5-15(7)10/h4-6H,1-3H3/q+1. The normalized spacial score (nSPS) is 11.6. The summed E-state index contributed by atoms with van der Waals surface area (Å²) in [6.07, 6.45) is 3.75. The molecule has 0 unspecified atom stereocenters. The van der Waals surface area contributed by atoms with E-state index < -0.39 is 0 Å². The Kier molecular flexibility index (Phi) is 2.61. The van der Waals surface area contributed by atoms with Crippen LogP contribution >= 0.6 is 23.2 Å². The van der Waals surface area contributed by atoms with Crippen molar-refractivity contribution in [2.75, 3.05) is 0 Å². The second-order valence-electron chi connectivity index (χ2n) is 3.86. The van der Waals surface area contributed by atoms with Crippen LogP contribution in [0.4, 0.5) is 0 Å². The van der Waals surface area contributed by atoms with Crippen molar-refractivity contribution in [3.8, 4) is 0 Å². The number of hydrogen-bond acceptors (Lipinski definition) is 1. The van der Waals surface area contributed by atoms with Crippen LogP contribution in [0.25, 0.3) is 5.52 Å². The van der Waals surface area contributed by atoms with Crippen LogP contribution in [0.2, 0.25) is 10.3 Å². The molecule has 0 amide bonds. The lowest BCUT2D eigenvalue weighted by molar-refractivity contribution is -0.678. The number of fused-ring (bicyclic) bond motifs is 1. The molecule has 15 heavy (non-hydrogen) atoms. The molecule has 2 heterocycles. The number of hydrogen-bond donors (Lipinski definition) is 0. The fraction of sp³-hybridized carbons (Fsp3) is 0.400. The largest absolute Gasteiger partial charge is 0.264 e. The highest BCUT2D eigenvalue weighted by Gasteiger charge is 2.21. The van der Waals surface area contributed by atoms with Crippen LogP contribution in [0.3, 0.4) is 0 Å². The summed E-state index contributed by atoms with van der Waals surface area (Å²) < 4.78 is 4.03. The highest BCUT2D eigenvalue weighted by molar-refractivity contribution is 6.34. The second kappa shape index (κ2) is 3.65. The van der Waals surface area contributed by atoms with Gasteiger partial charge in [-0.25, -0.2) is 9.55 Å². The summed E-state index contributed by atoms with van der Waals surface area (Å²) in [6, 6.07) is 0. The molecule has 3 nitrogen and oxygen atoms in total. The number of imidazole rings is 1.